The fourth-order valence-electron chi connectivity index (χ4n) is 2.01. The zero-order valence-electron chi connectivity index (χ0n) is 11.4. The number of anilines is 1. The number of nitrogens with two attached hydrogens (primary N) is 1. The van der Waals surface area contributed by atoms with Crippen LogP contribution in [0.1, 0.15) is 15.9 Å². The third-order valence-electron chi connectivity index (χ3n) is 3.11. The molecule has 0 spiro atoms. The van der Waals surface area contributed by atoms with Crippen molar-refractivity contribution in [2.75, 3.05) is 18.5 Å². The second kappa shape index (κ2) is 5.76. The summed E-state index contributed by atoms with van der Waals surface area (Å²) in [7, 11) is 0. The molecule has 7 nitrogen and oxygen atoms in total. The predicted octanol–water partition coefficient (Wildman–Crippen LogP) is -0.249. The molecule has 1 aromatic rings. The number of aliphatic hydroxyl groups excluding tert-OH is 1. The number of rotatable bonds is 5. The lowest BCUT2D eigenvalue weighted by Crippen LogP contribution is -2.34. The Morgan fingerprint density at radius 3 is 2.67 bits per heavy atom. The number of carbonyl (C=O) groups is 3. The highest BCUT2D eigenvalue weighted by atomic mass is 16.3. The molecule has 0 atom stereocenters. The Morgan fingerprint density at radius 1 is 1.38 bits per heavy atom. The second-order valence-corrected chi connectivity index (χ2v) is 4.60. The normalized spacial score (nSPS) is 14.4. The van der Waals surface area contributed by atoms with Crippen LogP contribution in [0.4, 0.5) is 5.69 Å². The number of hydrogen-bond acceptors (Lipinski definition) is 5. The molecule has 0 fully saturated rings. The van der Waals surface area contributed by atoms with Crippen LogP contribution in [-0.2, 0) is 9.59 Å². The summed E-state index contributed by atoms with van der Waals surface area (Å²) >= 11 is 0. The van der Waals surface area contributed by atoms with Crippen LogP contribution in [-0.4, -0.2) is 40.9 Å². The van der Waals surface area contributed by atoms with E-state index in [0.29, 0.717) is 16.8 Å². The largest absolute Gasteiger partial charge is 0.395 e. The number of primary amides is 1. The van der Waals surface area contributed by atoms with E-state index in [4.69, 9.17) is 10.8 Å². The van der Waals surface area contributed by atoms with Crippen molar-refractivity contribution in [1.29, 1.82) is 0 Å². The quantitative estimate of drug-likeness (QED) is 0.647. The number of nitrogens with zero attached hydrogens (tertiary/aromatic N) is 1. The Labute approximate surface area is 121 Å². The summed E-state index contributed by atoms with van der Waals surface area (Å²) in [5.41, 5.74) is 6.99. The van der Waals surface area contributed by atoms with Crippen LogP contribution in [0.5, 0.6) is 0 Å². The molecule has 1 aromatic carbocycles. The highest BCUT2D eigenvalue weighted by Gasteiger charge is 2.30. The molecule has 0 radical (unpaired) electrons. The lowest BCUT2D eigenvalue weighted by Gasteiger charge is -2.14. The Balaban J connectivity index is 2.20. The van der Waals surface area contributed by atoms with Crippen LogP contribution in [0.2, 0.25) is 0 Å². The van der Waals surface area contributed by atoms with Crippen molar-refractivity contribution in [3.8, 4) is 0 Å². The van der Waals surface area contributed by atoms with Crippen LogP contribution < -0.4 is 11.1 Å². The van der Waals surface area contributed by atoms with Crippen LogP contribution in [0, 0.1) is 6.92 Å². The highest BCUT2D eigenvalue weighted by Crippen LogP contribution is 2.21. The van der Waals surface area contributed by atoms with Gasteiger partial charge in [-0.1, -0.05) is 0 Å². The fourth-order valence-corrected chi connectivity index (χ4v) is 2.01. The maximum atomic E-state index is 12.0. The van der Waals surface area contributed by atoms with E-state index in [9.17, 15) is 14.4 Å². The summed E-state index contributed by atoms with van der Waals surface area (Å²) in [6.45, 7) is 1.42. The molecule has 0 saturated heterocycles. The third kappa shape index (κ3) is 2.92. The van der Waals surface area contributed by atoms with Crippen molar-refractivity contribution < 1.29 is 19.5 Å². The number of carbonyl (C=O) groups excluding carboxylic acids is 3. The van der Waals surface area contributed by atoms with Crippen molar-refractivity contribution in [2.24, 2.45) is 5.73 Å². The van der Waals surface area contributed by atoms with Crippen molar-refractivity contribution in [1.82, 2.24) is 4.90 Å². The highest BCUT2D eigenvalue weighted by molar-refractivity contribution is 6.17. The lowest BCUT2D eigenvalue weighted by atomic mass is 10.1. The Kier molecular flexibility index (Phi) is 4.04. The maximum Gasteiger partial charge on any atom is 0.277 e. The molecule has 1 aliphatic rings. The van der Waals surface area contributed by atoms with E-state index in [1.807, 2.05) is 0 Å². The molecule has 110 valence electrons. The monoisotopic (exact) mass is 289 g/mol. The van der Waals surface area contributed by atoms with Gasteiger partial charge in [-0.25, -0.2) is 0 Å². The van der Waals surface area contributed by atoms with Gasteiger partial charge >= 0.3 is 0 Å². The van der Waals surface area contributed by atoms with E-state index in [1.54, 1.807) is 19.1 Å². The maximum absolute atomic E-state index is 12.0. The summed E-state index contributed by atoms with van der Waals surface area (Å²) < 4.78 is 0. The van der Waals surface area contributed by atoms with Crippen molar-refractivity contribution >= 4 is 23.4 Å². The summed E-state index contributed by atoms with van der Waals surface area (Å²) in [5.74, 6) is -1.50. The van der Waals surface area contributed by atoms with Crippen molar-refractivity contribution in [3.63, 3.8) is 0 Å². The molecule has 4 N–H and O–H groups in total. The molecule has 2 rings (SSSR count). The molecule has 21 heavy (non-hydrogen) atoms. The zero-order valence-corrected chi connectivity index (χ0v) is 11.4. The number of nitrogens with one attached hydrogen (secondary N) is 1. The predicted molar refractivity (Wildman–Crippen MR) is 75.2 cm³/mol. The van der Waals surface area contributed by atoms with Crippen LogP contribution in [0.15, 0.2) is 30.0 Å². The van der Waals surface area contributed by atoms with Gasteiger partial charge in [-0.15, -0.1) is 0 Å². The first-order valence-electron chi connectivity index (χ1n) is 6.30. The minimum absolute atomic E-state index is 0.0427. The molecular formula is C14H15N3O4. The number of benzene rings is 1. The summed E-state index contributed by atoms with van der Waals surface area (Å²) in [6, 6.07) is 4.74. The van der Waals surface area contributed by atoms with E-state index in [2.05, 4.69) is 5.32 Å². The Hall–Kier alpha value is -2.67. The molecule has 0 unspecified atom stereocenters. The molecule has 0 aliphatic carbocycles. The van der Waals surface area contributed by atoms with Crippen molar-refractivity contribution in [2.45, 2.75) is 6.92 Å². The van der Waals surface area contributed by atoms with Gasteiger partial charge in [0.2, 0.25) is 5.91 Å². The fraction of sp³-hybridized carbons (Fsp3) is 0.214. The lowest BCUT2D eigenvalue weighted by molar-refractivity contribution is -0.137. The number of aliphatic hydroxyl groups is 1. The van der Waals surface area contributed by atoms with Gasteiger partial charge in [-0.2, -0.15) is 0 Å². The summed E-state index contributed by atoms with van der Waals surface area (Å²) in [5, 5.41) is 11.7. The number of amides is 3. The average molecular weight is 289 g/mol. The Bertz CT molecular complexity index is 652. The minimum Gasteiger partial charge on any atom is -0.395 e. The number of imide groups is 1. The van der Waals surface area contributed by atoms with Crippen LogP contribution in [0.25, 0.3) is 0 Å². The first-order chi connectivity index (χ1) is 9.93. The molecule has 1 aliphatic heterocycles. The summed E-state index contributed by atoms with van der Waals surface area (Å²) in [4.78, 5) is 35.6. The van der Waals surface area contributed by atoms with Gasteiger partial charge in [0.05, 0.1) is 13.2 Å². The smallest absolute Gasteiger partial charge is 0.277 e. The standard InChI is InChI=1S/C14H15N3O4/c1-8-6-9(13(15)20)2-3-10(8)16-11-7-12(19)17(4-5-18)14(11)21/h2-3,6-7,16,18H,4-5H2,1H3,(H2,15,20). The molecule has 0 aromatic heterocycles. The van der Waals surface area contributed by atoms with E-state index in [1.165, 1.54) is 12.1 Å². The molecule has 0 saturated carbocycles. The van der Waals surface area contributed by atoms with E-state index in [0.717, 1.165) is 4.90 Å². The minimum atomic E-state index is -0.537. The molecule has 7 heteroatoms. The summed E-state index contributed by atoms with van der Waals surface area (Å²) in [6.07, 6.45) is 1.18. The molecule has 0 bridgehead atoms. The SMILES string of the molecule is Cc1cc(C(N)=O)ccc1NC1=CC(=O)N(CCO)C1=O. The second-order valence-electron chi connectivity index (χ2n) is 4.60. The number of aryl methyl sites for hydroxylation is 1. The zero-order chi connectivity index (χ0) is 15.6. The van der Waals surface area contributed by atoms with Gasteiger partial charge in [0, 0.05) is 17.3 Å². The van der Waals surface area contributed by atoms with Crippen molar-refractivity contribution in [3.05, 3.63) is 41.1 Å². The first-order valence-corrected chi connectivity index (χ1v) is 6.30. The Morgan fingerprint density at radius 2 is 2.10 bits per heavy atom. The number of hydrogen-bond donors (Lipinski definition) is 3. The van der Waals surface area contributed by atoms with Crippen LogP contribution in [0.3, 0.4) is 0 Å². The van der Waals surface area contributed by atoms with Crippen LogP contribution >= 0.6 is 0 Å². The molecular weight excluding hydrogens is 274 g/mol. The molecule has 3 amide bonds. The van der Waals surface area contributed by atoms with Gasteiger partial charge < -0.3 is 16.2 Å². The van der Waals surface area contributed by atoms with Gasteiger partial charge in [0.1, 0.15) is 5.70 Å². The average Bonchev–Trinajstić information content (AvgIpc) is 2.69. The third-order valence-corrected chi connectivity index (χ3v) is 3.11. The first kappa shape index (κ1) is 14.7. The van der Waals surface area contributed by atoms with Gasteiger partial charge in [0.15, 0.2) is 0 Å². The van der Waals surface area contributed by atoms with Gasteiger partial charge in [-0.3, -0.25) is 19.3 Å². The van der Waals surface area contributed by atoms with Gasteiger partial charge in [-0.05, 0) is 30.7 Å². The van der Waals surface area contributed by atoms with E-state index in [-0.39, 0.29) is 18.8 Å². The topological polar surface area (TPSA) is 113 Å². The van der Waals surface area contributed by atoms with E-state index < -0.39 is 17.7 Å². The molecule has 1 heterocycles. The van der Waals surface area contributed by atoms with Gasteiger partial charge in [0.25, 0.3) is 11.8 Å². The number of β-amino-alcohol motifs (C(OH)–C–C–N with tert-alkyl or cyclic N) is 1. The van der Waals surface area contributed by atoms with E-state index >= 15 is 0 Å².